The second-order valence-corrected chi connectivity index (χ2v) is 3.14. The van der Waals surface area contributed by atoms with Gasteiger partial charge < -0.3 is 4.48 Å². The van der Waals surface area contributed by atoms with Crippen LogP contribution >= 0.6 is 0 Å². The minimum atomic E-state index is 0.917. The Bertz CT molecular complexity index is 76.2. The summed E-state index contributed by atoms with van der Waals surface area (Å²) < 4.78 is 1.24. The lowest BCUT2D eigenvalue weighted by atomic mass is 10.0. The van der Waals surface area contributed by atoms with Gasteiger partial charge in [0.05, 0.1) is 26.7 Å². The van der Waals surface area contributed by atoms with Crippen molar-refractivity contribution in [2.45, 2.75) is 19.4 Å². The highest BCUT2D eigenvalue weighted by Gasteiger charge is 2.33. The van der Waals surface area contributed by atoms with Crippen LogP contribution in [0.2, 0.25) is 0 Å². The Kier molecular flexibility index (Phi) is 0.890. The molecule has 1 aliphatic heterocycles. The van der Waals surface area contributed by atoms with Crippen molar-refractivity contribution < 1.29 is 4.48 Å². The van der Waals surface area contributed by atoms with E-state index in [1.807, 2.05) is 0 Å². The van der Waals surface area contributed by atoms with Gasteiger partial charge in [-0.05, 0) is 6.92 Å². The average Bonchev–Trinajstić information content (AvgIpc) is 1.63. The third-order valence-electron chi connectivity index (χ3n) is 2.32. The Morgan fingerprint density at radius 3 is 1.86 bits per heavy atom. The molecule has 1 saturated heterocycles. The molecule has 0 saturated carbocycles. The van der Waals surface area contributed by atoms with Crippen LogP contribution < -0.4 is 0 Å². The third kappa shape index (κ3) is 0.653. The molecule has 1 heterocycles. The normalized spacial score (nSPS) is 37.3. The lowest BCUT2D eigenvalue weighted by Crippen LogP contribution is -2.57. The maximum atomic E-state index is 2.31. The minimum absolute atomic E-state index is 0.917. The Balaban J connectivity index is 2.43. The van der Waals surface area contributed by atoms with E-state index in [0.29, 0.717) is 0 Å². The first-order valence-corrected chi connectivity index (χ1v) is 2.95. The molecule has 0 aliphatic carbocycles. The second kappa shape index (κ2) is 1.22. The number of rotatable bonds is 0. The minimum Gasteiger partial charge on any atom is -0.326 e. The second-order valence-electron chi connectivity index (χ2n) is 3.14. The summed E-state index contributed by atoms with van der Waals surface area (Å²) in [6, 6.07) is 0.917. The number of hydrogen-bond donors (Lipinski definition) is 0. The van der Waals surface area contributed by atoms with Gasteiger partial charge in [0.2, 0.25) is 0 Å². The van der Waals surface area contributed by atoms with Crippen LogP contribution in [0.1, 0.15) is 13.3 Å². The molecule has 0 amide bonds. The Labute approximate surface area is 45.5 Å². The molecule has 0 aromatic carbocycles. The molecule has 0 aromatic heterocycles. The maximum Gasteiger partial charge on any atom is 0.0912 e. The van der Waals surface area contributed by atoms with Crippen molar-refractivity contribution in [3.8, 4) is 0 Å². The lowest BCUT2D eigenvalue weighted by molar-refractivity contribution is -0.953. The van der Waals surface area contributed by atoms with E-state index in [1.54, 1.807) is 0 Å². The molecule has 0 radical (unpaired) electrons. The molecule has 0 spiro atoms. The smallest absolute Gasteiger partial charge is 0.0912 e. The standard InChI is InChI=1S/C6H14N/c1-6-4-5-7(6,2)3/h6H,4-5H2,1-3H3/q+1/t6-/m0/s1. The number of quaternary nitrogens is 1. The summed E-state index contributed by atoms with van der Waals surface area (Å²) in [7, 11) is 4.57. The monoisotopic (exact) mass is 100 g/mol. The largest absolute Gasteiger partial charge is 0.326 e. The van der Waals surface area contributed by atoms with Gasteiger partial charge in [0.1, 0.15) is 0 Å². The summed E-state index contributed by atoms with van der Waals surface area (Å²) in [5, 5.41) is 0. The van der Waals surface area contributed by atoms with Gasteiger partial charge in [-0.25, -0.2) is 0 Å². The van der Waals surface area contributed by atoms with Gasteiger partial charge in [-0.3, -0.25) is 0 Å². The topological polar surface area (TPSA) is 0 Å². The van der Waals surface area contributed by atoms with Gasteiger partial charge in [0, 0.05) is 6.42 Å². The van der Waals surface area contributed by atoms with Crippen LogP contribution in [-0.2, 0) is 0 Å². The molecule has 1 rings (SSSR count). The van der Waals surface area contributed by atoms with Crippen molar-refractivity contribution in [1.29, 1.82) is 0 Å². The van der Waals surface area contributed by atoms with Crippen LogP contribution in [0.3, 0.4) is 0 Å². The molecule has 1 atom stereocenters. The predicted molar refractivity (Wildman–Crippen MR) is 31.1 cm³/mol. The summed E-state index contributed by atoms with van der Waals surface area (Å²) in [5.41, 5.74) is 0. The molecule has 7 heavy (non-hydrogen) atoms. The highest BCUT2D eigenvalue weighted by molar-refractivity contribution is 4.59. The van der Waals surface area contributed by atoms with E-state index in [-0.39, 0.29) is 0 Å². The van der Waals surface area contributed by atoms with Crippen molar-refractivity contribution in [2.75, 3.05) is 20.6 Å². The van der Waals surface area contributed by atoms with E-state index >= 15 is 0 Å². The zero-order valence-electron chi connectivity index (χ0n) is 5.44. The number of hydrogen-bond acceptors (Lipinski definition) is 0. The van der Waals surface area contributed by atoms with Crippen LogP contribution in [-0.4, -0.2) is 31.2 Å². The zero-order chi connectivity index (χ0) is 5.49. The summed E-state index contributed by atoms with van der Waals surface area (Å²) in [5.74, 6) is 0. The summed E-state index contributed by atoms with van der Waals surface area (Å²) >= 11 is 0. The highest BCUT2D eigenvalue weighted by Crippen LogP contribution is 2.21. The third-order valence-corrected chi connectivity index (χ3v) is 2.32. The first-order valence-electron chi connectivity index (χ1n) is 2.95. The van der Waals surface area contributed by atoms with E-state index < -0.39 is 0 Å². The first-order chi connectivity index (χ1) is 3.13. The molecule has 42 valence electrons. The fraction of sp³-hybridized carbons (Fsp3) is 1.00. The van der Waals surface area contributed by atoms with Crippen molar-refractivity contribution in [3.05, 3.63) is 0 Å². The van der Waals surface area contributed by atoms with Crippen LogP contribution in [0.5, 0.6) is 0 Å². The summed E-state index contributed by atoms with van der Waals surface area (Å²) in [6.07, 6.45) is 1.42. The quantitative estimate of drug-likeness (QED) is 0.396. The van der Waals surface area contributed by atoms with Crippen molar-refractivity contribution in [1.82, 2.24) is 0 Å². The van der Waals surface area contributed by atoms with E-state index in [1.165, 1.54) is 17.4 Å². The highest BCUT2D eigenvalue weighted by atomic mass is 15.4. The fourth-order valence-electron chi connectivity index (χ4n) is 0.904. The van der Waals surface area contributed by atoms with Crippen molar-refractivity contribution in [2.24, 2.45) is 0 Å². The molecule has 0 N–H and O–H groups in total. The van der Waals surface area contributed by atoms with Gasteiger partial charge in [-0.15, -0.1) is 0 Å². The van der Waals surface area contributed by atoms with Crippen molar-refractivity contribution >= 4 is 0 Å². The Hall–Kier alpha value is -0.0400. The Morgan fingerprint density at radius 1 is 1.43 bits per heavy atom. The van der Waals surface area contributed by atoms with Gasteiger partial charge in [0.25, 0.3) is 0 Å². The molecule has 1 fully saturated rings. The molecular formula is C6H14N+. The van der Waals surface area contributed by atoms with E-state index in [0.717, 1.165) is 6.04 Å². The van der Waals surface area contributed by atoms with E-state index in [9.17, 15) is 0 Å². The first kappa shape index (κ1) is 5.10. The van der Waals surface area contributed by atoms with Crippen molar-refractivity contribution in [3.63, 3.8) is 0 Å². The molecule has 0 bridgehead atoms. The van der Waals surface area contributed by atoms with E-state index in [4.69, 9.17) is 0 Å². The van der Waals surface area contributed by atoms with Crippen LogP contribution in [0.25, 0.3) is 0 Å². The van der Waals surface area contributed by atoms with Crippen LogP contribution in [0.4, 0.5) is 0 Å². The summed E-state index contributed by atoms with van der Waals surface area (Å²) in [6.45, 7) is 3.69. The molecule has 0 unspecified atom stereocenters. The molecular weight excluding hydrogens is 86.1 g/mol. The molecule has 1 nitrogen and oxygen atoms in total. The van der Waals surface area contributed by atoms with Gasteiger partial charge in [-0.1, -0.05) is 0 Å². The SMILES string of the molecule is C[C@H]1CC[N+]1(C)C. The summed E-state index contributed by atoms with van der Waals surface area (Å²) in [4.78, 5) is 0. The lowest BCUT2D eigenvalue weighted by Gasteiger charge is -2.44. The van der Waals surface area contributed by atoms with Gasteiger partial charge in [0.15, 0.2) is 0 Å². The molecule has 1 heteroatoms. The number of likely N-dealkylation sites (tertiary alicyclic amines) is 1. The van der Waals surface area contributed by atoms with Gasteiger partial charge >= 0.3 is 0 Å². The van der Waals surface area contributed by atoms with Crippen LogP contribution in [0, 0.1) is 0 Å². The predicted octanol–water partition coefficient (Wildman–Crippen LogP) is 0.855. The molecule has 1 aliphatic rings. The maximum absolute atomic E-state index is 2.31. The van der Waals surface area contributed by atoms with Gasteiger partial charge in [-0.2, -0.15) is 0 Å². The zero-order valence-corrected chi connectivity index (χ0v) is 5.44. The number of nitrogens with zero attached hydrogens (tertiary/aromatic N) is 1. The van der Waals surface area contributed by atoms with Crippen LogP contribution in [0.15, 0.2) is 0 Å². The molecule has 0 aromatic rings. The average molecular weight is 100 g/mol. The Morgan fingerprint density at radius 2 is 1.86 bits per heavy atom. The van der Waals surface area contributed by atoms with E-state index in [2.05, 4.69) is 21.0 Å². The fourth-order valence-corrected chi connectivity index (χ4v) is 0.904.